The van der Waals surface area contributed by atoms with Gasteiger partial charge in [0.25, 0.3) is 0 Å². The van der Waals surface area contributed by atoms with E-state index < -0.39 is 6.10 Å². The summed E-state index contributed by atoms with van der Waals surface area (Å²) in [6, 6.07) is 4.64. The second-order valence-electron chi connectivity index (χ2n) is 3.74. The van der Waals surface area contributed by atoms with Gasteiger partial charge in [0.05, 0.1) is 0 Å². The lowest BCUT2D eigenvalue weighted by molar-refractivity contribution is 0.207. The molecule has 2 rings (SSSR count). The molecule has 1 aliphatic carbocycles. The predicted molar refractivity (Wildman–Crippen MR) is 61.0 cm³/mol. The topological polar surface area (TPSA) is 20.2 Å². The van der Waals surface area contributed by atoms with Crippen LogP contribution in [-0.2, 0) is 0 Å². The molecule has 80 valence electrons. The molecule has 1 unspecified atom stereocenters. The third-order valence-corrected chi connectivity index (χ3v) is 3.17. The van der Waals surface area contributed by atoms with Crippen LogP contribution in [0.15, 0.2) is 34.3 Å². The Morgan fingerprint density at radius 2 is 2.20 bits per heavy atom. The molecule has 3 heteroatoms. The first-order chi connectivity index (χ1) is 7.18. The molecule has 1 aromatic carbocycles. The Morgan fingerprint density at radius 3 is 2.87 bits per heavy atom. The van der Waals surface area contributed by atoms with Crippen LogP contribution in [-0.4, -0.2) is 5.11 Å². The van der Waals surface area contributed by atoms with Crippen molar-refractivity contribution in [3.05, 3.63) is 45.7 Å². The molecule has 0 aliphatic heterocycles. The zero-order valence-electron chi connectivity index (χ0n) is 8.21. The first-order valence-electron chi connectivity index (χ1n) is 5.00. The first kappa shape index (κ1) is 10.8. The van der Waals surface area contributed by atoms with Crippen molar-refractivity contribution < 1.29 is 9.50 Å². The number of allylic oxidation sites excluding steroid dienone is 1. The molecule has 0 saturated carbocycles. The van der Waals surface area contributed by atoms with Gasteiger partial charge in [0, 0.05) is 10.0 Å². The Kier molecular flexibility index (Phi) is 3.22. The maximum Gasteiger partial charge on any atom is 0.129 e. The minimum atomic E-state index is -0.787. The van der Waals surface area contributed by atoms with Crippen molar-refractivity contribution in [2.24, 2.45) is 0 Å². The van der Waals surface area contributed by atoms with Gasteiger partial charge in [-0.15, -0.1) is 0 Å². The van der Waals surface area contributed by atoms with E-state index in [4.69, 9.17) is 0 Å². The second kappa shape index (κ2) is 4.45. The summed E-state index contributed by atoms with van der Waals surface area (Å²) in [6.45, 7) is 0. The van der Waals surface area contributed by atoms with Gasteiger partial charge in [0.15, 0.2) is 0 Å². The summed E-state index contributed by atoms with van der Waals surface area (Å²) in [7, 11) is 0. The molecule has 1 nitrogen and oxygen atoms in total. The minimum Gasteiger partial charge on any atom is -0.384 e. The van der Waals surface area contributed by atoms with E-state index in [1.54, 1.807) is 12.1 Å². The zero-order valence-corrected chi connectivity index (χ0v) is 9.80. The molecule has 0 aromatic heterocycles. The van der Waals surface area contributed by atoms with Crippen LogP contribution in [0.25, 0.3) is 0 Å². The van der Waals surface area contributed by atoms with E-state index in [9.17, 15) is 9.50 Å². The fourth-order valence-corrected chi connectivity index (χ4v) is 2.25. The lowest BCUT2D eigenvalue weighted by Crippen LogP contribution is -2.02. The van der Waals surface area contributed by atoms with Gasteiger partial charge in [0.2, 0.25) is 0 Å². The quantitative estimate of drug-likeness (QED) is 0.812. The molecule has 0 heterocycles. The number of hydrogen-bond donors (Lipinski definition) is 1. The lowest BCUT2D eigenvalue weighted by atomic mass is 10.0. The number of halogens is 2. The molecule has 1 aliphatic rings. The smallest absolute Gasteiger partial charge is 0.129 e. The maximum absolute atomic E-state index is 13.5. The molecule has 0 amide bonds. The number of benzene rings is 1. The van der Waals surface area contributed by atoms with Gasteiger partial charge in [-0.1, -0.05) is 22.0 Å². The summed E-state index contributed by atoms with van der Waals surface area (Å²) >= 11 is 3.28. The van der Waals surface area contributed by atoms with Crippen LogP contribution in [0.3, 0.4) is 0 Å². The highest BCUT2D eigenvalue weighted by atomic mass is 79.9. The summed E-state index contributed by atoms with van der Waals surface area (Å²) in [6.07, 6.45) is 4.13. The molecule has 15 heavy (non-hydrogen) atoms. The van der Waals surface area contributed by atoms with E-state index in [2.05, 4.69) is 15.9 Å². The highest BCUT2D eigenvalue weighted by molar-refractivity contribution is 9.10. The fraction of sp³-hybridized carbons (Fsp3) is 0.333. The van der Waals surface area contributed by atoms with Crippen molar-refractivity contribution in [2.75, 3.05) is 0 Å². The second-order valence-corrected chi connectivity index (χ2v) is 4.66. The largest absolute Gasteiger partial charge is 0.384 e. The Hall–Kier alpha value is -0.670. The van der Waals surface area contributed by atoms with Crippen molar-refractivity contribution in [3.63, 3.8) is 0 Å². The first-order valence-corrected chi connectivity index (χ1v) is 5.80. The molecular weight excluding hydrogens is 259 g/mol. The van der Waals surface area contributed by atoms with Crippen molar-refractivity contribution in [3.8, 4) is 0 Å². The van der Waals surface area contributed by atoms with E-state index in [0.29, 0.717) is 5.56 Å². The van der Waals surface area contributed by atoms with E-state index in [-0.39, 0.29) is 5.82 Å². The number of hydrogen-bond acceptors (Lipinski definition) is 1. The van der Waals surface area contributed by atoms with Crippen LogP contribution in [0.4, 0.5) is 4.39 Å². The number of aliphatic hydroxyl groups excluding tert-OH is 1. The van der Waals surface area contributed by atoms with Crippen molar-refractivity contribution in [2.45, 2.75) is 25.4 Å². The van der Waals surface area contributed by atoms with Gasteiger partial charge in [0.1, 0.15) is 11.9 Å². The standard InChI is InChI=1S/C12H12BrFO/c13-9-5-6-11(14)10(7-9)12(15)8-3-1-2-4-8/h3,5-7,12,15H,1-2,4H2. The van der Waals surface area contributed by atoms with Gasteiger partial charge in [-0.2, -0.15) is 0 Å². The third kappa shape index (κ3) is 2.29. The van der Waals surface area contributed by atoms with Crippen LogP contribution < -0.4 is 0 Å². The van der Waals surface area contributed by atoms with Crippen molar-refractivity contribution in [1.82, 2.24) is 0 Å². The summed E-state index contributed by atoms with van der Waals surface area (Å²) in [5.74, 6) is -0.349. The highest BCUT2D eigenvalue weighted by Crippen LogP contribution is 2.32. The number of rotatable bonds is 2. The molecule has 0 bridgehead atoms. The molecule has 0 spiro atoms. The molecule has 1 atom stereocenters. The van der Waals surface area contributed by atoms with Gasteiger partial charge < -0.3 is 5.11 Å². The normalized spacial score (nSPS) is 17.7. The van der Waals surface area contributed by atoms with Gasteiger partial charge in [-0.3, -0.25) is 0 Å². The van der Waals surface area contributed by atoms with Crippen LogP contribution in [0, 0.1) is 5.82 Å². The molecule has 1 aromatic rings. The fourth-order valence-electron chi connectivity index (χ4n) is 1.87. The average molecular weight is 271 g/mol. The Bertz CT molecular complexity index is 401. The zero-order chi connectivity index (χ0) is 10.8. The lowest BCUT2D eigenvalue weighted by Gasteiger charge is -2.13. The monoisotopic (exact) mass is 270 g/mol. The van der Waals surface area contributed by atoms with Crippen LogP contribution in [0.5, 0.6) is 0 Å². The Morgan fingerprint density at radius 1 is 1.40 bits per heavy atom. The maximum atomic E-state index is 13.5. The number of aliphatic hydroxyl groups is 1. The summed E-state index contributed by atoms with van der Waals surface area (Å²) in [5, 5.41) is 10.00. The van der Waals surface area contributed by atoms with E-state index in [1.807, 2.05) is 6.08 Å². The van der Waals surface area contributed by atoms with Crippen LogP contribution in [0.2, 0.25) is 0 Å². The Balaban J connectivity index is 2.31. The molecular formula is C12H12BrFO. The van der Waals surface area contributed by atoms with Gasteiger partial charge in [-0.05, 0) is 43.0 Å². The molecule has 0 fully saturated rings. The molecule has 1 N–H and O–H groups in total. The summed E-state index contributed by atoms with van der Waals surface area (Å²) < 4.78 is 14.3. The predicted octanol–water partition coefficient (Wildman–Crippen LogP) is 3.73. The van der Waals surface area contributed by atoms with Gasteiger partial charge >= 0.3 is 0 Å². The van der Waals surface area contributed by atoms with Crippen molar-refractivity contribution >= 4 is 15.9 Å². The molecule has 0 radical (unpaired) electrons. The summed E-state index contributed by atoms with van der Waals surface area (Å²) in [5.41, 5.74) is 1.30. The summed E-state index contributed by atoms with van der Waals surface area (Å²) in [4.78, 5) is 0. The third-order valence-electron chi connectivity index (χ3n) is 2.68. The highest BCUT2D eigenvalue weighted by Gasteiger charge is 2.19. The van der Waals surface area contributed by atoms with Crippen LogP contribution in [0.1, 0.15) is 30.9 Å². The van der Waals surface area contributed by atoms with E-state index in [0.717, 1.165) is 29.3 Å². The minimum absolute atomic E-state index is 0.349. The van der Waals surface area contributed by atoms with E-state index >= 15 is 0 Å². The molecule has 0 saturated heterocycles. The Labute approximate surface area is 96.8 Å². The average Bonchev–Trinajstić information content (AvgIpc) is 2.74. The SMILES string of the molecule is OC(C1=CCCC1)c1cc(Br)ccc1F. The van der Waals surface area contributed by atoms with Crippen molar-refractivity contribution in [1.29, 1.82) is 0 Å². The van der Waals surface area contributed by atoms with E-state index in [1.165, 1.54) is 6.07 Å². The van der Waals surface area contributed by atoms with Gasteiger partial charge in [-0.25, -0.2) is 4.39 Å². The van der Waals surface area contributed by atoms with Crippen LogP contribution >= 0.6 is 15.9 Å².